The van der Waals surface area contributed by atoms with E-state index in [2.05, 4.69) is 10.4 Å². The molecule has 0 aliphatic carbocycles. The van der Waals surface area contributed by atoms with Crippen LogP contribution < -0.4 is 5.32 Å². The lowest BCUT2D eigenvalue weighted by atomic mass is 9.99. The summed E-state index contributed by atoms with van der Waals surface area (Å²) in [6, 6.07) is 2.38. The van der Waals surface area contributed by atoms with Crippen LogP contribution in [0.4, 0.5) is 19.0 Å². The number of alkyl halides is 3. The molecule has 1 amide bonds. The van der Waals surface area contributed by atoms with E-state index < -0.39 is 18.3 Å². The first-order chi connectivity index (χ1) is 13.4. The second-order valence-corrected chi connectivity index (χ2v) is 7.42. The van der Waals surface area contributed by atoms with Crippen molar-refractivity contribution in [2.45, 2.75) is 63.3 Å². The quantitative estimate of drug-likeness (QED) is 0.827. The zero-order valence-corrected chi connectivity index (χ0v) is 15.6. The predicted molar refractivity (Wildman–Crippen MR) is 96.0 cm³/mol. The molecule has 0 aromatic carbocycles. The van der Waals surface area contributed by atoms with Crippen molar-refractivity contribution in [2.75, 3.05) is 11.9 Å². The number of rotatable bonds is 3. The third-order valence-electron chi connectivity index (χ3n) is 5.65. The van der Waals surface area contributed by atoms with Gasteiger partial charge in [0, 0.05) is 25.1 Å². The van der Waals surface area contributed by atoms with Gasteiger partial charge in [-0.2, -0.15) is 18.3 Å². The summed E-state index contributed by atoms with van der Waals surface area (Å²) in [5.74, 6) is 0.311. The Morgan fingerprint density at radius 3 is 2.89 bits per heavy atom. The van der Waals surface area contributed by atoms with Crippen LogP contribution in [0, 0.1) is 0 Å². The Bertz CT molecular complexity index is 831. The summed E-state index contributed by atoms with van der Waals surface area (Å²) in [4.78, 5) is 14.7. The van der Waals surface area contributed by atoms with Gasteiger partial charge in [-0.1, -0.05) is 6.92 Å². The summed E-state index contributed by atoms with van der Waals surface area (Å²) < 4.78 is 47.3. The fourth-order valence-electron chi connectivity index (χ4n) is 4.19. The lowest BCUT2D eigenvalue weighted by Gasteiger charge is -2.34. The topological polar surface area (TPSA) is 63.3 Å². The van der Waals surface area contributed by atoms with Gasteiger partial charge in [0.25, 0.3) is 5.91 Å². The fourth-order valence-corrected chi connectivity index (χ4v) is 4.19. The Morgan fingerprint density at radius 1 is 1.39 bits per heavy atom. The van der Waals surface area contributed by atoms with Gasteiger partial charge in [-0.25, -0.2) is 4.68 Å². The normalized spacial score (nSPS) is 25.3. The summed E-state index contributed by atoms with van der Waals surface area (Å²) in [7, 11) is 0. The largest absolute Gasteiger partial charge is 0.467 e. The molecular weight excluding hydrogens is 373 g/mol. The average Bonchev–Trinajstić information content (AvgIpc) is 3.35. The Balaban J connectivity index is 1.66. The maximum Gasteiger partial charge on any atom is 0.410 e. The summed E-state index contributed by atoms with van der Waals surface area (Å²) in [5.41, 5.74) is 0.0530. The summed E-state index contributed by atoms with van der Waals surface area (Å²) in [5, 5.41) is 7.11. The van der Waals surface area contributed by atoms with Crippen molar-refractivity contribution >= 4 is 11.7 Å². The molecule has 152 valence electrons. The van der Waals surface area contributed by atoms with Gasteiger partial charge in [-0.05, 0) is 37.8 Å². The number of aromatic nitrogens is 2. The number of furan rings is 1. The smallest absolute Gasteiger partial charge is 0.410 e. The van der Waals surface area contributed by atoms with Crippen LogP contribution in [-0.4, -0.2) is 39.4 Å². The molecule has 1 saturated heterocycles. The van der Waals surface area contributed by atoms with Gasteiger partial charge in [0.15, 0.2) is 11.7 Å². The zero-order chi connectivity index (χ0) is 19.9. The standard InChI is InChI=1S/C19H23F3N4O2/c1-2-12-6-3-4-8-25(12)18(27)14-11-17-23-13(15-7-5-9-28-15)10-16(19(20,21)22)26(17)24-14/h5,7,9,11-13,16,23H,2-4,6,8,10H2,1H3/t12-,13-,16+/m1/s1. The molecule has 2 aliphatic heterocycles. The summed E-state index contributed by atoms with van der Waals surface area (Å²) in [6.07, 6.45) is 0.404. The van der Waals surface area contributed by atoms with Crippen LogP contribution in [0.2, 0.25) is 0 Å². The van der Waals surface area contributed by atoms with Crippen LogP contribution in [0.15, 0.2) is 28.9 Å². The van der Waals surface area contributed by atoms with Crippen molar-refractivity contribution in [3.05, 3.63) is 35.9 Å². The Kier molecular flexibility index (Phi) is 4.84. The molecular formula is C19H23F3N4O2. The number of carbonyl (C=O) groups excluding carboxylic acids is 1. The summed E-state index contributed by atoms with van der Waals surface area (Å²) in [6.45, 7) is 2.63. The van der Waals surface area contributed by atoms with Crippen LogP contribution in [0.3, 0.4) is 0 Å². The van der Waals surface area contributed by atoms with Crippen molar-refractivity contribution < 1.29 is 22.4 Å². The van der Waals surface area contributed by atoms with Crippen LogP contribution in [-0.2, 0) is 0 Å². The van der Waals surface area contributed by atoms with Crippen molar-refractivity contribution in [1.29, 1.82) is 0 Å². The number of fused-ring (bicyclic) bond motifs is 1. The van der Waals surface area contributed by atoms with Gasteiger partial charge in [0.1, 0.15) is 11.6 Å². The van der Waals surface area contributed by atoms with Gasteiger partial charge in [-0.3, -0.25) is 4.79 Å². The number of amides is 1. The van der Waals surface area contributed by atoms with E-state index in [1.165, 1.54) is 12.3 Å². The van der Waals surface area contributed by atoms with E-state index in [4.69, 9.17) is 4.42 Å². The lowest BCUT2D eigenvalue weighted by molar-refractivity contribution is -0.174. The molecule has 9 heteroatoms. The third-order valence-corrected chi connectivity index (χ3v) is 5.65. The minimum Gasteiger partial charge on any atom is -0.467 e. The maximum absolute atomic E-state index is 13.7. The molecule has 4 heterocycles. The Morgan fingerprint density at radius 2 is 2.21 bits per heavy atom. The van der Waals surface area contributed by atoms with Gasteiger partial charge in [0.2, 0.25) is 0 Å². The van der Waals surface area contributed by atoms with Crippen molar-refractivity contribution in [3.8, 4) is 0 Å². The molecule has 4 rings (SSSR count). The molecule has 28 heavy (non-hydrogen) atoms. The van der Waals surface area contributed by atoms with Crippen LogP contribution in [0.5, 0.6) is 0 Å². The zero-order valence-electron chi connectivity index (χ0n) is 15.6. The summed E-state index contributed by atoms with van der Waals surface area (Å²) >= 11 is 0. The van der Waals surface area contributed by atoms with Gasteiger partial charge < -0.3 is 14.6 Å². The molecule has 2 aromatic rings. The highest BCUT2D eigenvalue weighted by molar-refractivity contribution is 5.93. The van der Waals surface area contributed by atoms with E-state index in [9.17, 15) is 18.0 Å². The van der Waals surface area contributed by atoms with E-state index in [0.717, 1.165) is 30.4 Å². The number of likely N-dealkylation sites (tertiary alicyclic amines) is 1. The van der Waals surface area contributed by atoms with E-state index >= 15 is 0 Å². The SMILES string of the molecule is CC[C@@H]1CCCCN1C(=O)c1cc2n(n1)[C@H](C(F)(F)F)C[C@H](c1ccco1)N2. The number of halogens is 3. The Hall–Kier alpha value is -2.45. The minimum atomic E-state index is -4.48. The molecule has 0 unspecified atom stereocenters. The van der Waals surface area contributed by atoms with Crippen molar-refractivity contribution in [3.63, 3.8) is 0 Å². The lowest BCUT2D eigenvalue weighted by Crippen LogP contribution is -2.43. The number of hydrogen-bond donors (Lipinski definition) is 1. The first-order valence-electron chi connectivity index (χ1n) is 9.65. The highest BCUT2D eigenvalue weighted by Gasteiger charge is 2.47. The first-order valence-corrected chi connectivity index (χ1v) is 9.65. The molecule has 2 aliphatic rings. The number of carbonyl (C=O) groups is 1. The average molecular weight is 396 g/mol. The monoisotopic (exact) mass is 396 g/mol. The number of nitrogens with zero attached hydrogens (tertiary/aromatic N) is 3. The highest BCUT2D eigenvalue weighted by Crippen LogP contribution is 2.43. The van der Waals surface area contributed by atoms with E-state index in [-0.39, 0.29) is 29.9 Å². The highest BCUT2D eigenvalue weighted by atomic mass is 19.4. The molecule has 0 spiro atoms. The number of piperidine rings is 1. The van der Waals surface area contributed by atoms with Crippen LogP contribution in [0.25, 0.3) is 0 Å². The molecule has 2 aromatic heterocycles. The molecule has 1 fully saturated rings. The molecule has 0 saturated carbocycles. The van der Waals surface area contributed by atoms with Crippen LogP contribution in [0.1, 0.15) is 67.4 Å². The van der Waals surface area contributed by atoms with E-state index in [1.54, 1.807) is 17.0 Å². The third kappa shape index (κ3) is 3.38. The minimum absolute atomic E-state index is 0.0530. The van der Waals surface area contributed by atoms with Gasteiger partial charge in [0.05, 0.1) is 12.3 Å². The predicted octanol–water partition coefficient (Wildman–Crippen LogP) is 4.54. The Labute approximate surface area is 160 Å². The molecule has 0 bridgehead atoms. The van der Waals surface area contributed by atoms with Crippen molar-refractivity contribution in [2.24, 2.45) is 0 Å². The van der Waals surface area contributed by atoms with E-state index in [1.807, 2.05) is 6.92 Å². The fraction of sp³-hybridized carbons (Fsp3) is 0.579. The molecule has 6 nitrogen and oxygen atoms in total. The molecule has 0 radical (unpaired) electrons. The molecule has 1 N–H and O–H groups in total. The van der Waals surface area contributed by atoms with Crippen LogP contribution >= 0.6 is 0 Å². The van der Waals surface area contributed by atoms with Gasteiger partial charge >= 0.3 is 6.18 Å². The second-order valence-electron chi connectivity index (χ2n) is 7.42. The van der Waals surface area contributed by atoms with Crippen molar-refractivity contribution in [1.82, 2.24) is 14.7 Å². The first kappa shape index (κ1) is 18.9. The maximum atomic E-state index is 13.7. The number of nitrogens with one attached hydrogen (secondary N) is 1. The van der Waals surface area contributed by atoms with E-state index in [0.29, 0.717) is 12.3 Å². The number of hydrogen-bond acceptors (Lipinski definition) is 4. The number of anilines is 1. The second kappa shape index (κ2) is 7.18. The van der Waals surface area contributed by atoms with Gasteiger partial charge in [-0.15, -0.1) is 0 Å². The molecule has 3 atom stereocenters.